The summed E-state index contributed by atoms with van der Waals surface area (Å²) in [5, 5.41) is 7.43. The normalized spacial score (nSPS) is 15.2. The Kier molecular flexibility index (Phi) is 8.08. The van der Waals surface area contributed by atoms with Crippen molar-refractivity contribution in [3.63, 3.8) is 0 Å². The Bertz CT molecular complexity index is 755. The van der Waals surface area contributed by atoms with Crippen molar-refractivity contribution in [1.82, 2.24) is 15.4 Å². The van der Waals surface area contributed by atoms with Crippen molar-refractivity contribution in [2.45, 2.75) is 19.4 Å². The van der Waals surface area contributed by atoms with Gasteiger partial charge in [0.25, 0.3) is 0 Å². The number of esters is 1. The molecule has 2 heterocycles. The molecule has 0 saturated carbocycles. The summed E-state index contributed by atoms with van der Waals surface area (Å²) in [4.78, 5) is 18.1. The maximum absolute atomic E-state index is 11.6. The summed E-state index contributed by atoms with van der Waals surface area (Å²) in [5.74, 6) is 1.41. The molecule has 1 saturated heterocycles. The maximum Gasteiger partial charge on any atom is 0.308 e. The Hall–Kier alpha value is -2.10. The molecular formula is C19H25IN4O3. The summed E-state index contributed by atoms with van der Waals surface area (Å²) < 4.78 is 10.3. The van der Waals surface area contributed by atoms with Gasteiger partial charge in [-0.15, -0.1) is 24.0 Å². The highest BCUT2D eigenvalue weighted by Crippen LogP contribution is 2.20. The van der Waals surface area contributed by atoms with Crippen LogP contribution in [0.2, 0.25) is 0 Å². The molecule has 0 unspecified atom stereocenters. The van der Waals surface area contributed by atoms with Crippen LogP contribution in [0.4, 0.5) is 0 Å². The number of rotatable bonds is 4. The summed E-state index contributed by atoms with van der Waals surface area (Å²) in [6.45, 7) is 2.07. The molecule has 8 heteroatoms. The molecule has 3 rings (SSSR count). The minimum Gasteiger partial charge on any atom is -0.469 e. The first-order valence-electron chi connectivity index (χ1n) is 8.75. The molecule has 1 aliphatic rings. The Labute approximate surface area is 176 Å². The van der Waals surface area contributed by atoms with E-state index >= 15 is 0 Å². The topological polar surface area (TPSA) is 80.0 Å². The van der Waals surface area contributed by atoms with Gasteiger partial charge in [0, 0.05) is 31.8 Å². The molecule has 1 aromatic heterocycles. The van der Waals surface area contributed by atoms with E-state index in [1.807, 2.05) is 36.4 Å². The second-order valence-electron chi connectivity index (χ2n) is 6.23. The van der Waals surface area contributed by atoms with E-state index in [0.29, 0.717) is 6.54 Å². The van der Waals surface area contributed by atoms with Crippen LogP contribution < -0.4 is 5.32 Å². The molecule has 1 fully saturated rings. The van der Waals surface area contributed by atoms with Crippen molar-refractivity contribution < 1.29 is 14.1 Å². The molecule has 1 N–H and O–H groups in total. The fourth-order valence-electron chi connectivity index (χ4n) is 3.13. The van der Waals surface area contributed by atoms with E-state index in [1.54, 1.807) is 7.05 Å². The number of nitrogens with zero attached hydrogens (tertiary/aromatic N) is 3. The summed E-state index contributed by atoms with van der Waals surface area (Å²) in [6.07, 6.45) is 1.55. The first-order chi connectivity index (χ1) is 12.7. The molecule has 0 aliphatic carbocycles. The molecule has 146 valence electrons. The van der Waals surface area contributed by atoms with E-state index < -0.39 is 0 Å². The largest absolute Gasteiger partial charge is 0.469 e. The number of halogens is 1. The standard InChI is InChI=1S/C19H24N4O3.HI/c1-20-19(23-10-8-15(9-11-23)18(24)25-2)21-13-16-12-17(26-22-16)14-6-4-3-5-7-14;/h3-7,12,15H,8-11,13H2,1-2H3,(H,20,21);1H. The lowest BCUT2D eigenvalue weighted by Gasteiger charge is -2.33. The minimum atomic E-state index is -0.122. The molecule has 0 bridgehead atoms. The van der Waals surface area contributed by atoms with E-state index in [4.69, 9.17) is 9.26 Å². The molecule has 0 atom stereocenters. The van der Waals surface area contributed by atoms with Gasteiger partial charge >= 0.3 is 5.97 Å². The summed E-state index contributed by atoms with van der Waals surface area (Å²) >= 11 is 0. The molecule has 2 aromatic rings. The third kappa shape index (κ3) is 5.44. The van der Waals surface area contributed by atoms with Crippen LogP contribution in [0, 0.1) is 5.92 Å². The van der Waals surface area contributed by atoms with Gasteiger partial charge in [0.2, 0.25) is 0 Å². The van der Waals surface area contributed by atoms with Crippen LogP contribution in [0.5, 0.6) is 0 Å². The first kappa shape index (κ1) is 21.2. The Morgan fingerprint density at radius 3 is 2.67 bits per heavy atom. The van der Waals surface area contributed by atoms with Gasteiger partial charge in [-0.3, -0.25) is 9.79 Å². The molecule has 27 heavy (non-hydrogen) atoms. The fraction of sp³-hybridized carbons (Fsp3) is 0.421. The van der Waals surface area contributed by atoms with Gasteiger partial charge in [0.1, 0.15) is 5.69 Å². The predicted molar refractivity (Wildman–Crippen MR) is 114 cm³/mol. The number of carbonyl (C=O) groups is 1. The zero-order valence-electron chi connectivity index (χ0n) is 15.6. The van der Waals surface area contributed by atoms with E-state index in [2.05, 4.69) is 20.4 Å². The lowest BCUT2D eigenvalue weighted by Crippen LogP contribution is -2.46. The van der Waals surface area contributed by atoms with Crippen molar-refractivity contribution in [3.05, 3.63) is 42.1 Å². The number of ether oxygens (including phenoxy) is 1. The number of methoxy groups -OCH3 is 1. The number of hydrogen-bond donors (Lipinski definition) is 1. The monoisotopic (exact) mass is 484 g/mol. The molecule has 1 aliphatic heterocycles. The van der Waals surface area contributed by atoms with Gasteiger partial charge in [-0.2, -0.15) is 0 Å². The highest BCUT2D eigenvalue weighted by molar-refractivity contribution is 14.0. The van der Waals surface area contributed by atoms with Crippen molar-refractivity contribution in [3.8, 4) is 11.3 Å². The van der Waals surface area contributed by atoms with Crippen molar-refractivity contribution >= 4 is 35.9 Å². The highest BCUT2D eigenvalue weighted by atomic mass is 127. The number of likely N-dealkylation sites (tertiary alicyclic amines) is 1. The number of nitrogens with one attached hydrogen (secondary N) is 1. The van der Waals surface area contributed by atoms with E-state index in [1.165, 1.54) is 7.11 Å². The summed E-state index contributed by atoms with van der Waals surface area (Å²) in [5.41, 5.74) is 1.81. The van der Waals surface area contributed by atoms with Crippen molar-refractivity contribution in [1.29, 1.82) is 0 Å². The lowest BCUT2D eigenvalue weighted by atomic mass is 9.97. The number of aromatic nitrogens is 1. The van der Waals surface area contributed by atoms with Gasteiger partial charge in [0.05, 0.1) is 19.6 Å². The lowest BCUT2D eigenvalue weighted by molar-refractivity contribution is -0.146. The quantitative estimate of drug-likeness (QED) is 0.311. The SMILES string of the molecule is CN=C(NCc1cc(-c2ccccc2)on1)N1CCC(C(=O)OC)CC1.I. The van der Waals surface area contributed by atoms with Crippen LogP contribution in [0.1, 0.15) is 18.5 Å². The van der Waals surface area contributed by atoms with Crippen LogP contribution in [0.3, 0.4) is 0 Å². The van der Waals surface area contributed by atoms with E-state index in [0.717, 1.165) is 48.9 Å². The number of hydrogen-bond acceptors (Lipinski definition) is 5. The number of aliphatic imine (C=N–C) groups is 1. The highest BCUT2D eigenvalue weighted by Gasteiger charge is 2.27. The summed E-state index contributed by atoms with van der Waals surface area (Å²) in [7, 11) is 3.20. The van der Waals surface area contributed by atoms with Crippen LogP contribution in [-0.4, -0.2) is 49.2 Å². The molecule has 0 spiro atoms. The molecule has 1 aromatic carbocycles. The number of benzene rings is 1. The van der Waals surface area contributed by atoms with Crippen LogP contribution >= 0.6 is 24.0 Å². The second-order valence-corrected chi connectivity index (χ2v) is 6.23. The Balaban J connectivity index is 0.00000261. The third-order valence-electron chi connectivity index (χ3n) is 4.59. The van der Waals surface area contributed by atoms with E-state index in [9.17, 15) is 4.79 Å². The van der Waals surface area contributed by atoms with Crippen molar-refractivity contribution in [2.75, 3.05) is 27.2 Å². The minimum absolute atomic E-state index is 0. The summed E-state index contributed by atoms with van der Waals surface area (Å²) in [6, 6.07) is 11.8. The zero-order valence-corrected chi connectivity index (χ0v) is 17.9. The number of guanidine groups is 1. The molecule has 0 amide bonds. The third-order valence-corrected chi connectivity index (χ3v) is 4.59. The number of piperidine rings is 1. The van der Waals surface area contributed by atoms with Crippen LogP contribution in [0.25, 0.3) is 11.3 Å². The first-order valence-corrected chi connectivity index (χ1v) is 8.75. The average Bonchev–Trinajstić information content (AvgIpc) is 3.18. The van der Waals surface area contributed by atoms with Gasteiger partial charge in [-0.25, -0.2) is 0 Å². The zero-order chi connectivity index (χ0) is 18.4. The predicted octanol–water partition coefficient (Wildman–Crippen LogP) is 2.92. The fourth-order valence-corrected chi connectivity index (χ4v) is 3.13. The van der Waals surface area contributed by atoms with Crippen molar-refractivity contribution in [2.24, 2.45) is 10.9 Å². The number of carbonyl (C=O) groups excluding carboxylic acids is 1. The van der Waals surface area contributed by atoms with Gasteiger partial charge in [-0.05, 0) is 12.8 Å². The molecule has 7 nitrogen and oxygen atoms in total. The van der Waals surface area contributed by atoms with Gasteiger partial charge in [-0.1, -0.05) is 35.5 Å². The Morgan fingerprint density at radius 2 is 2.04 bits per heavy atom. The van der Waals surface area contributed by atoms with Gasteiger partial charge in [0.15, 0.2) is 11.7 Å². The smallest absolute Gasteiger partial charge is 0.308 e. The maximum atomic E-state index is 11.6. The van der Waals surface area contributed by atoms with E-state index in [-0.39, 0.29) is 35.9 Å². The molecular weight excluding hydrogens is 459 g/mol. The van der Waals surface area contributed by atoms with Gasteiger partial charge < -0.3 is 19.5 Å². The average molecular weight is 484 g/mol. The van der Waals surface area contributed by atoms with Crippen LogP contribution in [0.15, 0.2) is 45.9 Å². The van der Waals surface area contributed by atoms with Crippen LogP contribution in [-0.2, 0) is 16.1 Å². The second kappa shape index (κ2) is 10.3. The molecule has 0 radical (unpaired) electrons. The Morgan fingerprint density at radius 1 is 1.33 bits per heavy atom.